The second-order valence-corrected chi connectivity index (χ2v) is 3.41. The van der Waals surface area contributed by atoms with Gasteiger partial charge in [0.2, 0.25) is 0 Å². The van der Waals surface area contributed by atoms with Gasteiger partial charge in [-0.2, -0.15) is 0 Å². The third-order valence-electron chi connectivity index (χ3n) is 2.45. The van der Waals surface area contributed by atoms with E-state index in [2.05, 4.69) is 5.16 Å². The lowest BCUT2D eigenvalue weighted by atomic mass is 10.1. The molecule has 1 amide bonds. The summed E-state index contributed by atoms with van der Waals surface area (Å²) in [5.41, 5.74) is 6.67. The van der Waals surface area contributed by atoms with Crippen LogP contribution in [0.15, 0.2) is 23.4 Å². The first kappa shape index (κ1) is 10.3. The van der Waals surface area contributed by atoms with Crippen molar-refractivity contribution in [2.75, 3.05) is 18.6 Å². The zero-order valence-electron chi connectivity index (χ0n) is 8.67. The Balaban J connectivity index is 2.45. The lowest BCUT2D eigenvalue weighted by Gasteiger charge is -2.26. The molecule has 0 fully saturated rings. The lowest BCUT2D eigenvalue weighted by Crippen LogP contribution is -2.35. The molecule has 6 nitrogen and oxygen atoms in total. The molecule has 0 aliphatic carbocycles. The number of amidine groups is 1. The highest BCUT2D eigenvalue weighted by Gasteiger charge is 2.22. The molecule has 1 aromatic rings. The fraction of sp³-hybridized carbons (Fsp3) is 0.200. The highest BCUT2D eigenvalue weighted by molar-refractivity contribution is 6.01. The van der Waals surface area contributed by atoms with E-state index in [4.69, 9.17) is 15.7 Å². The number of fused-ring (bicyclic) bond motifs is 1. The molecule has 6 heteroatoms. The summed E-state index contributed by atoms with van der Waals surface area (Å²) >= 11 is 0. The van der Waals surface area contributed by atoms with Gasteiger partial charge in [0.15, 0.2) is 12.4 Å². The number of hydrogen-bond donors (Lipinski definition) is 2. The number of carbonyl (C=O) groups is 1. The van der Waals surface area contributed by atoms with Crippen LogP contribution in [-0.2, 0) is 4.79 Å². The Bertz CT molecular complexity index is 470. The number of benzene rings is 1. The minimum atomic E-state index is -0.107. The van der Waals surface area contributed by atoms with E-state index in [1.165, 1.54) is 4.90 Å². The maximum Gasteiger partial charge on any atom is 0.264 e. The van der Waals surface area contributed by atoms with E-state index in [9.17, 15) is 4.79 Å². The van der Waals surface area contributed by atoms with Gasteiger partial charge in [-0.15, -0.1) is 0 Å². The molecule has 0 unspecified atom stereocenters. The Hall–Kier alpha value is -2.24. The van der Waals surface area contributed by atoms with E-state index in [1.54, 1.807) is 25.2 Å². The van der Waals surface area contributed by atoms with E-state index in [-0.39, 0.29) is 18.3 Å². The molecule has 1 aliphatic rings. The highest BCUT2D eigenvalue weighted by Crippen LogP contribution is 2.31. The number of anilines is 1. The Labute approximate surface area is 91.9 Å². The number of nitrogens with two attached hydrogens (primary N) is 1. The summed E-state index contributed by atoms with van der Waals surface area (Å²) in [6, 6.07) is 4.99. The van der Waals surface area contributed by atoms with Gasteiger partial charge in [-0.3, -0.25) is 4.79 Å². The van der Waals surface area contributed by atoms with E-state index < -0.39 is 0 Å². The van der Waals surface area contributed by atoms with Crippen molar-refractivity contribution >= 4 is 17.4 Å². The molecule has 16 heavy (non-hydrogen) atoms. The molecule has 2 rings (SSSR count). The van der Waals surface area contributed by atoms with Gasteiger partial charge in [0.1, 0.15) is 5.75 Å². The van der Waals surface area contributed by atoms with Gasteiger partial charge < -0.3 is 20.6 Å². The number of amides is 1. The predicted octanol–water partition coefficient (Wildman–Crippen LogP) is 0.136. The summed E-state index contributed by atoms with van der Waals surface area (Å²) in [4.78, 5) is 12.9. The minimum absolute atomic E-state index is 0.00310. The van der Waals surface area contributed by atoms with E-state index >= 15 is 0 Å². The fourth-order valence-corrected chi connectivity index (χ4v) is 1.49. The Morgan fingerprint density at radius 3 is 3.06 bits per heavy atom. The van der Waals surface area contributed by atoms with Crippen molar-refractivity contribution in [3.05, 3.63) is 23.8 Å². The van der Waals surface area contributed by atoms with Crippen LogP contribution in [0.4, 0.5) is 5.69 Å². The predicted molar refractivity (Wildman–Crippen MR) is 57.9 cm³/mol. The van der Waals surface area contributed by atoms with Gasteiger partial charge in [-0.05, 0) is 18.2 Å². The van der Waals surface area contributed by atoms with Crippen LogP contribution in [0.5, 0.6) is 5.75 Å². The van der Waals surface area contributed by atoms with Crippen LogP contribution in [0.3, 0.4) is 0 Å². The average Bonchev–Trinajstić information content (AvgIpc) is 2.32. The fourth-order valence-electron chi connectivity index (χ4n) is 1.49. The smallest absolute Gasteiger partial charge is 0.264 e. The molecule has 3 N–H and O–H groups in total. The first-order valence-corrected chi connectivity index (χ1v) is 4.65. The molecule has 0 aromatic heterocycles. The maximum atomic E-state index is 11.3. The standard InChI is InChI=1S/C10H11N3O3/c1-13-7-3-2-6(10(11)12-15)4-8(7)16-5-9(13)14/h2-4,15H,5H2,1H3,(H2,11,12). The molecule has 1 aliphatic heterocycles. The van der Waals surface area contributed by atoms with Crippen LogP contribution in [0.1, 0.15) is 5.56 Å². The molecule has 0 atom stereocenters. The maximum absolute atomic E-state index is 11.3. The van der Waals surface area contributed by atoms with Crippen LogP contribution in [0.2, 0.25) is 0 Å². The summed E-state index contributed by atoms with van der Waals surface area (Å²) in [5, 5.41) is 11.4. The molecule has 0 spiro atoms. The SMILES string of the molecule is CN1C(=O)COc2cc(/C(N)=N/O)ccc21. The topological polar surface area (TPSA) is 88.2 Å². The number of likely N-dealkylation sites (N-methyl/N-ethyl adjacent to an activating group) is 1. The van der Waals surface area contributed by atoms with Gasteiger partial charge >= 0.3 is 0 Å². The largest absolute Gasteiger partial charge is 0.482 e. The minimum Gasteiger partial charge on any atom is -0.482 e. The Morgan fingerprint density at radius 1 is 1.62 bits per heavy atom. The van der Waals surface area contributed by atoms with Crippen LogP contribution in [0, 0.1) is 0 Å². The summed E-state index contributed by atoms with van der Waals surface area (Å²) in [6.07, 6.45) is 0. The second-order valence-electron chi connectivity index (χ2n) is 3.41. The van der Waals surface area contributed by atoms with Crippen molar-refractivity contribution in [2.45, 2.75) is 0 Å². The van der Waals surface area contributed by atoms with Crippen molar-refractivity contribution in [2.24, 2.45) is 10.9 Å². The quantitative estimate of drug-likeness (QED) is 0.305. The van der Waals surface area contributed by atoms with Crippen molar-refractivity contribution in [3.63, 3.8) is 0 Å². The molecule has 1 heterocycles. The average molecular weight is 221 g/mol. The van der Waals surface area contributed by atoms with Gasteiger partial charge in [0.25, 0.3) is 5.91 Å². The summed E-state index contributed by atoms with van der Waals surface area (Å²) < 4.78 is 5.26. The summed E-state index contributed by atoms with van der Waals surface area (Å²) in [5.74, 6) is 0.446. The number of rotatable bonds is 1. The molecular formula is C10H11N3O3. The van der Waals surface area contributed by atoms with Crippen molar-refractivity contribution in [3.8, 4) is 5.75 Å². The first-order valence-electron chi connectivity index (χ1n) is 4.65. The van der Waals surface area contributed by atoms with E-state index in [0.717, 1.165) is 0 Å². The van der Waals surface area contributed by atoms with Crippen molar-refractivity contribution in [1.82, 2.24) is 0 Å². The van der Waals surface area contributed by atoms with Crippen LogP contribution >= 0.6 is 0 Å². The van der Waals surface area contributed by atoms with Gasteiger partial charge in [-0.25, -0.2) is 0 Å². The number of carbonyl (C=O) groups excluding carboxylic acids is 1. The van der Waals surface area contributed by atoms with Gasteiger partial charge in [0.05, 0.1) is 5.69 Å². The summed E-state index contributed by atoms with van der Waals surface area (Å²) in [7, 11) is 1.67. The van der Waals surface area contributed by atoms with Crippen LogP contribution in [-0.4, -0.2) is 30.6 Å². The van der Waals surface area contributed by atoms with Crippen LogP contribution in [0.25, 0.3) is 0 Å². The molecule has 1 aromatic carbocycles. The van der Waals surface area contributed by atoms with E-state index in [1.807, 2.05) is 0 Å². The molecule has 0 saturated heterocycles. The number of oxime groups is 1. The summed E-state index contributed by atoms with van der Waals surface area (Å²) in [6.45, 7) is 0.00310. The normalized spacial score (nSPS) is 15.7. The molecule has 0 saturated carbocycles. The van der Waals surface area contributed by atoms with Crippen LogP contribution < -0.4 is 15.4 Å². The Morgan fingerprint density at radius 2 is 2.38 bits per heavy atom. The molecule has 84 valence electrons. The van der Waals surface area contributed by atoms with Crippen molar-refractivity contribution in [1.29, 1.82) is 0 Å². The highest BCUT2D eigenvalue weighted by atomic mass is 16.5. The first-order chi connectivity index (χ1) is 7.63. The molecule has 0 bridgehead atoms. The van der Waals surface area contributed by atoms with Gasteiger partial charge in [-0.1, -0.05) is 5.16 Å². The molecular weight excluding hydrogens is 210 g/mol. The van der Waals surface area contributed by atoms with E-state index in [0.29, 0.717) is 17.0 Å². The zero-order chi connectivity index (χ0) is 11.7. The zero-order valence-corrected chi connectivity index (χ0v) is 8.67. The Kier molecular flexibility index (Phi) is 2.40. The second kappa shape index (κ2) is 3.73. The monoisotopic (exact) mass is 221 g/mol. The van der Waals surface area contributed by atoms with Crippen molar-refractivity contribution < 1.29 is 14.7 Å². The number of hydrogen-bond acceptors (Lipinski definition) is 4. The number of ether oxygens (including phenoxy) is 1. The third-order valence-corrected chi connectivity index (χ3v) is 2.45. The number of nitrogens with zero attached hydrogens (tertiary/aromatic N) is 2. The lowest BCUT2D eigenvalue weighted by molar-refractivity contribution is -0.120. The third kappa shape index (κ3) is 1.54. The van der Waals surface area contributed by atoms with Gasteiger partial charge in [0, 0.05) is 12.6 Å². The molecule has 0 radical (unpaired) electrons.